The number of aryl methyl sites for hydroxylation is 3. The van der Waals surface area contributed by atoms with E-state index in [1.165, 1.54) is 0 Å². The molecule has 0 aromatic carbocycles. The summed E-state index contributed by atoms with van der Waals surface area (Å²) in [6.45, 7) is 5.00. The number of nitrogens with zero attached hydrogens (tertiary/aromatic N) is 3. The largest absolute Gasteiger partial charge is 0.372 e. The third kappa shape index (κ3) is 3.43. The zero-order valence-electron chi connectivity index (χ0n) is 14.3. The predicted octanol–water partition coefficient (Wildman–Crippen LogP) is 2.45. The highest BCUT2D eigenvalue weighted by Crippen LogP contribution is 2.28. The van der Waals surface area contributed by atoms with E-state index in [-0.39, 0.29) is 12.1 Å². The summed E-state index contributed by atoms with van der Waals surface area (Å²) >= 11 is 0. The molecule has 8 heteroatoms. The number of carbonyl (C=O) groups excluding carboxylic acids is 1. The number of hydrogen-bond acceptors (Lipinski definition) is 5. The summed E-state index contributed by atoms with van der Waals surface area (Å²) in [6.07, 6.45) is 2.78. The van der Waals surface area contributed by atoms with Gasteiger partial charge in [-0.3, -0.25) is 10.00 Å². The number of nitrogens with one attached hydrogen (secondary N) is 2. The molecule has 0 spiro atoms. The molecule has 130 valence electrons. The molecule has 0 radical (unpaired) electrons. The van der Waals surface area contributed by atoms with Gasteiger partial charge in [0.05, 0.1) is 11.4 Å². The lowest BCUT2D eigenvalue weighted by atomic mass is 10.1. The van der Waals surface area contributed by atoms with Crippen molar-refractivity contribution in [2.24, 2.45) is 7.05 Å². The van der Waals surface area contributed by atoms with Crippen molar-refractivity contribution in [2.45, 2.75) is 45.8 Å². The Morgan fingerprint density at radius 1 is 1.50 bits per heavy atom. The molecule has 0 saturated carbocycles. The van der Waals surface area contributed by atoms with Gasteiger partial charge in [0.2, 0.25) is 0 Å². The molecular weight excluding hydrogens is 310 g/mol. The van der Waals surface area contributed by atoms with Crippen LogP contribution in [-0.4, -0.2) is 27.6 Å². The second-order valence-corrected chi connectivity index (χ2v) is 5.91. The van der Waals surface area contributed by atoms with E-state index in [0.29, 0.717) is 12.4 Å². The normalized spacial score (nSPS) is 17.2. The van der Waals surface area contributed by atoms with E-state index < -0.39 is 0 Å². The van der Waals surface area contributed by atoms with E-state index in [1.807, 2.05) is 19.9 Å². The molecule has 2 N–H and O–H groups in total. The van der Waals surface area contributed by atoms with Gasteiger partial charge in [0.15, 0.2) is 0 Å². The number of aromatic nitrogens is 3. The van der Waals surface area contributed by atoms with Crippen LogP contribution in [-0.2, 0) is 24.8 Å². The molecule has 0 aliphatic carbocycles. The lowest BCUT2D eigenvalue weighted by Crippen LogP contribution is -2.29. The second-order valence-electron chi connectivity index (χ2n) is 5.91. The predicted molar refractivity (Wildman–Crippen MR) is 87.6 cm³/mol. The van der Waals surface area contributed by atoms with Crippen molar-refractivity contribution >= 4 is 11.8 Å². The third-order valence-electron chi connectivity index (χ3n) is 4.21. The molecule has 1 fully saturated rings. The van der Waals surface area contributed by atoms with Crippen molar-refractivity contribution in [2.75, 3.05) is 11.9 Å². The van der Waals surface area contributed by atoms with Crippen LogP contribution < -0.4 is 10.6 Å². The highest BCUT2D eigenvalue weighted by Gasteiger charge is 2.22. The van der Waals surface area contributed by atoms with Gasteiger partial charge in [-0.2, -0.15) is 5.10 Å². The summed E-state index contributed by atoms with van der Waals surface area (Å²) in [5.74, 6) is 1.43. The van der Waals surface area contributed by atoms with Crippen molar-refractivity contribution < 1.29 is 14.1 Å². The van der Waals surface area contributed by atoms with Crippen LogP contribution in [0, 0.1) is 6.92 Å². The van der Waals surface area contributed by atoms with Gasteiger partial charge in [0.1, 0.15) is 17.7 Å². The minimum absolute atomic E-state index is 0.0292. The number of rotatable bonds is 5. The Labute approximate surface area is 140 Å². The Hall–Kier alpha value is -2.35. The summed E-state index contributed by atoms with van der Waals surface area (Å²) in [5, 5.41) is 14.0. The van der Waals surface area contributed by atoms with E-state index in [4.69, 9.17) is 9.26 Å². The average Bonchev–Trinajstić information content (AvgIpc) is 3.27. The van der Waals surface area contributed by atoms with E-state index in [1.54, 1.807) is 11.7 Å². The van der Waals surface area contributed by atoms with Gasteiger partial charge in [-0.1, -0.05) is 12.1 Å². The van der Waals surface area contributed by atoms with Crippen molar-refractivity contribution in [3.63, 3.8) is 0 Å². The minimum atomic E-state index is -0.292. The van der Waals surface area contributed by atoms with Crippen LogP contribution in [0.15, 0.2) is 10.6 Å². The van der Waals surface area contributed by atoms with Crippen LogP contribution in [0.5, 0.6) is 0 Å². The van der Waals surface area contributed by atoms with E-state index in [2.05, 4.69) is 20.9 Å². The zero-order chi connectivity index (χ0) is 17.1. The maximum atomic E-state index is 12.2. The molecule has 2 amide bonds. The van der Waals surface area contributed by atoms with E-state index in [0.717, 1.165) is 48.6 Å². The second kappa shape index (κ2) is 7.04. The SMILES string of the molecule is CCc1onc(C)c1CNC(=O)Nc1cc(C2CCCO2)nn1C. The summed E-state index contributed by atoms with van der Waals surface area (Å²) < 4.78 is 12.5. The van der Waals surface area contributed by atoms with Crippen molar-refractivity contribution in [3.05, 3.63) is 28.8 Å². The highest BCUT2D eigenvalue weighted by atomic mass is 16.5. The van der Waals surface area contributed by atoms with Crippen LogP contribution >= 0.6 is 0 Å². The molecule has 0 bridgehead atoms. The van der Waals surface area contributed by atoms with Crippen LogP contribution in [0.3, 0.4) is 0 Å². The van der Waals surface area contributed by atoms with E-state index >= 15 is 0 Å². The Bertz CT molecular complexity index is 715. The lowest BCUT2D eigenvalue weighted by molar-refractivity contribution is 0.108. The van der Waals surface area contributed by atoms with Gasteiger partial charge in [0, 0.05) is 38.2 Å². The minimum Gasteiger partial charge on any atom is -0.372 e. The van der Waals surface area contributed by atoms with Gasteiger partial charge in [-0.05, 0) is 19.8 Å². The Morgan fingerprint density at radius 3 is 3.04 bits per heavy atom. The topological polar surface area (TPSA) is 94.2 Å². The van der Waals surface area contributed by atoms with Crippen molar-refractivity contribution in [1.82, 2.24) is 20.3 Å². The molecular formula is C16H23N5O3. The standard InChI is InChI=1S/C16H23N5O3/c1-4-13-11(10(2)20-24-13)9-17-16(22)18-15-8-12(19-21(15)3)14-6-5-7-23-14/h8,14H,4-7,9H2,1-3H3,(H2,17,18,22). The average molecular weight is 333 g/mol. The monoisotopic (exact) mass is 333 g/mol. The fourth-order valence-electron chi connectivity index (χ4n) is 2.84. The van der Waals surface area contributed by atoms with Crippen molar-refractivity contribution in [3.8, 4) is 0 Å². The smallest absolute Gasteiger partial charge is 0.320 e. The Balaban J connectivity index is 1.59. The molecule has 8 nitrogen and oxygen atoms in total. The molecule has 1 aliphatic heterocycles. The molecule has 2 aromatic heterocycles. The van der Waals surface area contributed by atoms with Crippen molar-refractivity contribution in [1.29, 1.82) is 0 Å². The summed E-state index contributed by atoms with van der Waals surface area (Å²) in [6, 6.07) is 1.57. The van der Waals surface area contributed by atoms with E-state index in [9.17, 15) is 4.79 Å². The lowest BCUT2D eigenvalue weighted by Gasteiger charge is -2.07. The number of ether oxygens (including phenoxy) is 1. The van der Waals surface area contributed by atoms with Crippen LogP contribution in [0.25, 0.3) is 0 Å². The van der Waals surface area contributed by atoms with Crippen LogP contribution in [0.1, 0.15) is 48.6 Å². The zero-order valence-corrected chi connectivity index (χ0v) is 14.3. The first-order valence-electron chi connectivity index (χ1n) is 8.23. The number of anilines is 1. The van der Waals surface area contributed by atoms with Gasteiger partial charge in [-0.25, -0.2) is 4.79 Å². The number of carbonyl (C=O) groups is 1. The first-order chi connectivity index (χ1) is 11.6. The molecule has 3 rings (SSSR count). The molecule has 1 aliphatic rings. The quantitative estimate of drug-likeness (QED) is 0.876. The van der Waals surface area contributed by atoms with Crippen LogP contribution in [0.2, 0.25) is 0 Å². The number of urea groups is 1. The van der Waals surface area contributed by atoms with Crippen LogP contribution in [0.4, 0.5) is 10.6 Å². The summed E-state index contributed by atoms with van der Waals surface area (Å²) in [4.78, 5) is 12.2. The molecule has 1 atom stereocenters. The first-order valence-corrected chi connectivity index (χ1v) is 8.23. The van der Waals surface area contributed by atoms with Gasteiger partial charge >= 0.3 is 6.03 Å². The number of hydrogen-bond donors (Lipinski definition) is 2. The summed E-state index contributed by atoms with van der Waals surface area (Å²) in [5.41, 5.74) is 2.58. The fourth-order valence-corrected chi connectivity index (χ4v) is 2.84. The maximum absolute atomic E-state index is 12.2. The third-order valence-corrected chi connectivity index (χ3v) is 4.21. The molecule has 1 saturated heterocycles. The Kier molecular flexibility index (Phi) is 4.84. The first kappa shape index (κ1) is 16.5. The molecule has 3 heterocycles. The maximum Gasteiger partial charge on any atom is 0.320 e. The Morgan fingerprint density at radius 2 is 2.33 bits per heavy atom. The molecule has 1 unspecified atom stereocenters. The number of amides is 2. The molecule has 2 aromatic rings. The van der Waals surface area contributed by atoms with Gasteiger partial charge in [-0.15, -0.1) is 0 Å². The van der Waals surface area contributed by atoms with Gasteiger partial charge < -0.3 is 14.6 Å². The highest BCUT2D eigenvalue weighted by molar-refractivity contribution is 5.88. The summed E-state index contributed by atoms with van der Waals surface area (Å²) in [7, 11) is 1.80. The fraction of sp³-hybridized carbons (Fsp3) is 0.562. The molecule has 24 heavy (non-hydrogen) atoms. The van der Waals surface area contributed by atoms with Gasteiger partial charge in [0.25, 0.3) is 0 Å².